The molecular weight excluding hydrogens is 306 g/mol. The van der Waals surface area contributed by atoms with Crippen LogP contribution < -0.4 is 5.32 Å². The molecule has 0 spiro atoms. The van der Waals surface area contributed by atoms with Gasteiger partial charge in [-0.25, -0.2) is 0 Å². The molecular formula is C16H14ClNS2. The van der Waals surface area contributed by atoms with Crippen molar-refractivity contribution in [1.29, 1.82) is 0 Å². The first kappa shape index (κ1) is 13.7. The molecule has 0 atom stereocenters. The molecule has 0 radical (unpaired) electrons. The third kappa shape index (κ3) is 2.90. The fourth-order valence-electron chi connectivity index (χ4n) is 2.10. The highest BCUT2D eigenvalue weighted by Gasteiger charge is 2.17. The zero-order chi connectivity index (χ0) is 13.9. The average molecular weight is 320 g/mol. The molecule has 0 fully saturated rings. The van der Waals surface area contributed by atoms with Crippen molar-refractivity contribution in [3.8, 4) is 0 Å². The second-order valence-electron chi connectivity index (χ2n) is 4.57. The summed E-state index contributed by atoms with van der Waals surface area (Å²) in [6.07, 6.45) is 0. The Kier molecular flexibility index (Phi) is 4.10. The summed E-state index contributed by atoms with van der Waals surface area (Å²) in [7, 11) is 0. The van der Waals surface area contributed by atoms with Crippen LogP contribution in [-0.2, 0) is 0 Å². The molecule has 0 saturated heterocycles. The molecule has 1 N–H and O–H groups in total. The molecule has 1 nitrogen and oxygen atoms in total. The monoisotopic (exact) mass is 319 g/mol. The molecule has 0 aliphatic rings. The van der Waals surface area contributed by atoms with Crippen LogP contribution in [0.4, 0.5) is 5.69 Å². The number of halogens is 1. The minimum Gasteiger partial charge on any atom is -0.372 e. The lowest BCUT2D eigenvalue weighted by molar-refractivity contribution is 0.989. The van der Waals surface area contributed by atoms with Crippen molar-refractivity contribution < 1.29 is 0 Å². The predicted molar refractivity (Wildman–Crippen MR) is 90.3 cm³/mol. The van der Waals surface area contributed by atoms with Crippen molar-refractivity contribution in [2.24, 2.45) is 0 Å². The van der Waals surface area contributed by atoms with Crippen LogP contribution in [-0.4, -0.2) is 0 Å². The molecule has 0 saturated carbocycles. The van der Waals surface area contributed by atoms with Crippen molar-refractivity contribution in [1.82, 2.24) is 0 Å². The van der Waals surface area contributed by atoms with E-state index in [0.29, 0.717) is 0 Å². The largest absolute Gasteiger partial charge is 0.372 e. The molecule has 0 unspecified atom stereocenters. The molecule has 0 aliphatic carbocycles. The number of rotatable bonds is 4. The zero-order valence-corrected chi connectivity index (χ0v) is 13.4. The molecule has 102 valence electrons. The highest BCUT2D eigenvalue weighted by molar-refractivity contribution is 7.11. The quantitative estimate of drug-likeness (QED) is 0.624. The average Bonchev–Trinajstić information content (AvgIpc) is 3.12. The number of hydrogen-bond acceptors (Lipinski definition) is 3. The van der Waals surface area contributed by atoms with Gasteiger partial charge in [0.15, 0.2) is 0 Å². The topological polar surface area (TPSA) is 12.0 Å². The van der Waals surface area contributed by atoms with Crippen molar-refractivity contribution in [3.63, 3.8) is 0 Å². The number of nitrogens with one attached hydrogen (secondary N) is 1. The van der Waals surface area contributed by atoms with E-state index in [1.165, 1.54) is 15.3 Å². The number of thiophene rings is 2. The van der Waals surface area contributed by atoms with E-state index in [2.05, 4.69) is 47.3 Å². The Hall–Kier alpha value is -1.29. The van der Waals surface area contributed by atoms with Gasteiger partial charge in [-0.15, -0.1) is 22.7 Å². The molecule has 0 aliphatic heterocycles. The summed E-state index contributed by atoms with van der Waals surface area (Å²) >= 11 is 9.65. The smallest absolute Gasteiger partial charge is 0.0953 e. The van der Waals surface area contributed by atoms with Crippen LogP contribution in [0.3, 0.4) is 0 Å². The van der Waals surface area contributed by atoms with E-state index in [4.69, 9.17) is 11.6 Å². The number of aryl methyl sites for hydroxylation is 1. The van der Waals surface area contributed by atoms with Gasteiger partial charge >= 0.3 is 0 Å². The van der Waals surface area contributed by atoms with Gasteiger partial charge in [-0.1, -0.05) is 29.8 Å². The standard InChI is InChI=1S/C16H14ClNS2/c1-11-6-7-12(17)10-13(11)18-16(14-4-2-8-19-14)15-5-3-9-20-15/h2-10,16,18H,1H3. The van der Waals surface area contributed by atoms with Crippen molar-refractivity contribution in [2.45, 2.75) is 13.0 Å². The maximum absolute atomic E-state index is 6.12. The molecule has 4 heteroatoms. The van der Waals surface area contributed by atoms with E-state index in [-0.39, 0.29) is 6.04 Å². The summed E-state index contributed by atoms with van der Waals surface area (Å²) in [5.74, 6) is 0. The Balaban J connectivity index is 1.97. The van der Waals surface area contributed by atoms with Gasteiger partial charge in [0.05, 0.1) is 6.04 Å². The highest BCUT2D eigenvalue weighted by Crippen LogP contribution is 2.34. The SMILES string of the molecule is Cc1ccc(Cl)cc1NC(c1cccs1)c1cccs1. The summed E-state index contributed by atoms with van der Waals surface area (Å²) in [6.45, 7) is 2.10. The number of anilines is 1. The van der Waals surface area contributed by atoms with Crippen LogP contribution in [0.1, 0.15) is 21.4 Å². The van der Waals surface area contributed by atoms with Crippen molar-refractivity contribution in [2.75, 3.05) is 5.32 Å². The fourth-order valence-corrected chi connectivity index (χ4v) is 3.93. The van der Waals surface area contributed by atoms with E-state index in [1.807, 2.05) is 18.2 Å². The second-order valence-corrected chi connectivity index (χ2v) is 6.96. The number of benzene rings is 1. The Morgan fingerprint density at radius 3 is 2.20 bits per heavy atom. The first-order valence-corrected chi connectivity index (χ1v) is 8.47. The summed E-state index contributed by atoms with van der Waals surface area (Å²) in [6, 6.07) is 14.7. The van der Waals surface area contributed by atoms with Gasteiger partial charge in [0.2, 0.25) is 0 Å². The molecule has 3 rings (SSSR count). The van der Waals surface area contributed by atoms with Crippen LogP contribution in [0.5, 0.6) is 0 Å². The maximum atomic E-state index is 6.12. The fraction of sp³-hybridized carbons (Fsp3) is 0.125. The van der Waals surface area contributed by atoms with Gasteiger partial charge in [-0.05, 0) is 47.5 Å². The summed E-state index contributed by atoms with van der Waals surface area (Å²) in [4.78, 5) is 2.62. The maximum Gasteiger partial charge on any atom is 0.0953 e. The zero-order valence-electron chi connectivity index (χ0n) is 11.0. The first-order valence-electron chi connectivity index (χ1n) is 6.33. The molecule has 2 aromatic heterocycles. The Labute approximate surface area is 131 Å². The van der Waals surface area contributed by atoms with Gasteiger partial charge in [-0.3, -0.25) is 0 Å². The van der Waals surface area contributed by atoms with Gasteiger partial charge in [0.25, 0.3) is 0 Å². The Bertz CT molecular complexity index is 640. The summed E-state index contributed by atoms with van der Waals surface area (Å²) in [5.41, 5.74) is 2.29. The van der Waals surface area contributed by atoms with Crippen LogP contribution in [0.25, 0.3) is 0 Å². The van der Waals surface area contributed by atoms with Crippen LogP contribution in [0.15, 0.2) is 53.2 Å². The molecule has 1 aromatic carbocycles. The highest BCUT2D eigenvalue weighted by atomic mass is 35.5. The number of hydrogen-bond donors (Lipinski definition) is 1. The van der Waals surface area contributed by atoms with Crippen molar-refractivity contribution >= 4 is 40.0 Å². The third-order valence-corrected chi connectivity index (χ3v) is 5.26. The van der Waals surface area contributed by atoms with Gasteiger partial charge in [0, 0.05) is 20.5 Å². The summed E-state index contributed by atoms with van der Waals surface area (Å²) < 4.78 is 0. The Morgan fingerprint density at radius 1 is 1.00 bits per heavy atom. The van der Waals surface area contributed by atoms with E-state index in [9.17, 15) is 0 Å². The Morgan fingerprint density at radius 2 is 1.65 bits per heavy atom. The van der Waals surface area contributed by atoms with Gasteiger partial charge < -0.3 is 5.32 Å². The third-order valence-electron chi connectivity index (χ3n) is 3.15. The second kappa shape index (κ2) is 6.00. The molecule has 0 amide bonds. The normalized spacial score (nSPS) is 10.9. The van der Waals surface area contributed by atoms with Crippen LogP contribution in [0.2, 0.25) is 5.02 Å². The molecule has 2 heterocycles. The lowest BCUT2D eigenvalue weighted by atomic mass is 10.1. The van der Waals surface area contributed by atoms with Crippen molar-refractivity contribution in [3.05, 3.63) is 73.6 Å². The molecule has 0 bridgehead atoms. The van der Waals surface area contributed by atoms with E-state index >= 15 is 0 Å². The minimum atomic E-state index is 0.187. The lowest BCUT2D eigenvalue weighted by Gasteiger charge is -2.19. The van der Waals surface area contributed by atoms with Crippen LogP contribution >= 0.6 is 34.3 Å². The molecule has 3 aromatic rings. The molecule has 20 heavy (non-hydrogen) atoms. The predicted octanol–water partition coefficient (Wildman–Crippen LogP) is 5.97. The summed E-state index contributed by atoms with van der Waals surface area (Å²) in [5, 5.41) is 8.61. The minimum absolute atomic E-state index is 0.187. The van der Waals surface area contributed by atoms with Gasteiger partial charge in [-0.2, -0.15) is 0 Å². The van der Waals surface area contributed by atoms with Crippen LogP contribution in [0, 0.1) is 6.92 Å². The first-order chi connectivity index (χ1) is 9.74. The van der Waals surface area contributed by atoms with E-state index in [1.54, 1.807) is 22.7 Å². The lowest BCUT2D eigenvalue weighted by Crippen LogP contribution is -2.10. The van der Waals surface area contributed by atoms with Gasteiger partial charge in [0.1, 0.15) is 0 Å². The van der Waals surface area contributed by atoms with E-state index in [0.717, 1.165) is 10.7 Å². The van der Waals surface area contributed by atoms with E-state index < -0.39 is 0 Å².